The van der Waals surface area contributed by atoms with Crippen molar-refractivity contribution in [1.82, 2.24) is 4.72 Å². The van der Waals surface area contributed by atoms with E-state index in [0.717, 1.165) is 0 Å². The molecule has 1 amide bonds. The molecule has 0 bridgehead atoms. The first-order valence-electron chi connectivity index (χ1n) is 6.43. The topological polar surface area (TPSA) is 84.5 Å². The van der Waals surface area contributed by atoms with Gasteiger partial charge in [-0.2, -0.15) is 0 Å². The van der Waals surface area contributed by atoms with E-state index in [1.165, 1.54) is 6.07 Å². The maximum Gasteiger partial charge on any atom is 0.262 e. The zero-order valence-corrected chi connectivity index (χ0v) is 12.5. The predicted molar refractivity (Wildman–Crippen MR) is 75.4 cm³/mol. The number of benzene rings is 1. The first-order chi connectivity index (χ1) is 9.33. The minimum Gasteiger partial charge on any atom is -0.482 e. The number of anilines is 1. The van der Waals surface area contributed by atoms with Crippen LogP contribution in [0.15, 0.2) is 17.0 Å². The molecule has 0 saturated carbocycles. The lowest BCUT2D eigenvalue weighted by Gasteiger charge is -2.21. The zero-order chi connectivity index (χ0) is 14.9. The molecule has 2 rings (SSSR count). The molecule has 1 aliphatic rings. The standard InChI is InChI=1S/C13H18N2O4S/c1-4-9(3)15-20(17,18)12-6-11-10(5-8(12)2)14-13(16)7-19-11/h5-6,9,15H,4,7H2,1-3H3,(H,14,16). The number of hydrogen-bond donors (Lipinski definition) is 2. The lowest BCUT2D eigenvalue weighted by molar-refractivity contribution is -0.118. The second-order valence-electron chi connectivity index (χ2n) is 4.88. The SMILES string of the molecule is CCC(C)NS(=O)(=O)c1cc2c(cc1C)NC(=O)CO2. The van der Waals surface area contributed by atoms with Crippen molar-refractivity contribution < 1.29 is 17.9 Å². The Kier molecular flexibility index (Phi) is 4.01. The molecule has 0 spiro atoms. The molecule has 1 atom stereocenters. The van der Waals surface area contributed by atoms with Crippen LogP contribution in [0.5, 0.6) is 5.75 Å². The van der Waals surface area contributed by atoms with E-state index in [2.05, 4.69) is 10.0 Å². The molecule has 2 N–H and O–H groups in total. The molecule has 1 unspecified atom stereocenters. The highest BCUT2D eigenvalue weighted by Crippen LogP contribution is 2.32. The van der Waals surface area contributed by atoms with E-state index in [1.807, 2.05) is 13.8 Å². The molecule has 1 aromatic rings. The predicted octanol–water partition coefficient (Wildman–Crippen LogP) is 1.40. The lowest BCUT2D eigenvalue weighted by Crippen LogP contribution is -2.33. The Morgan fingerprint density at radius 3 is 2.80 bits per heavy atom. The number of carbonyl (C=O) groups is 1. The summed E-state index contributed by atoms with van der Waals surface area (Å²) in [5, 5.41) is 2.65. The van der Waals surface area contributed by atoms with E-state index in [-0.39, 0.29) is 23.5 Å². The number of nitrogens with one attached hydrogen (secondary N) is 2. The Labute approximate surface area is 118 Å². The first-order valence-corrected chi connectivity index (χ1v) is 7.91. The minimum absolute atomic E-state index is 0.103. The largest absolute Gasteiger partial charge is 0.482 e. The minimum atomic E-state index is -3.59. The highest BCUT2D eigenvalue weighted by molar-refractivity contribution is 7.89. The van der Waals surface area contributed by atoms with Gasteiger partial charge in [0.25, 0.3) is 5.91 Å². The van der Waals surface area contributed by atoms with Gasteiger partial charge in [-0.3, -0.25) is 4.79 Å². The number of fused-ring (bicyclic) bond motifs is 1. The van der Waals surface area contributed by atoms with Gasteiger partial charge in [-0.05, 0) is 31.9 Å². The van der Waals surface area contributed by atoms with Crippen LogP contribution >= 0.6 is 0 Å². The van der Waals surface area contributed by atoms with Gasteiger partial charge in [-0.25, -0.2) is 13.1 Å². The van der Waals surface area contributed by atoms with Crippen LogP contribution in [0.4, 0.5) is 5.69 Å². The van der Waals surface area contributed by atoms with E-state index in [0.29, 0.717) is 23.4 Å². The maximum absolute atomic E-state index is 12.3. The van der Waals surface area contributed by atoms with Gasteiger partial charge in [0.05, 0.1) is 10.6 Å². The molecule has 1 aliphatic heterocycles. The molecule has 0 aliphatic carbocycles. The van der Waals surface area contributed by atoms with Crippen molar-refractivity contribution in [1.29, 1.82) is 0 Å². The van der Waals surface area contributed by atoms with Crippen LogP contribution in [0, 0.1) is 6.92 Å². The number of hydrogen-bond acceptors (Lipinski definition) is 4. The smallest absolute Gasteiger partial charge is 0.262 e. The summed E-state index contributed by atoms with van der Waals surface area (Å²) in [5.74, 6) is 0.130. The Morgan fingerprint density at radius 2 is 2.15 bits per heavy atom. The maximum atomic E-state index is 12.3. The fraction of sp³-hybridized carbons (Fsp3) is 0.462. The van der Waals surface area contributed by atoms with Gasteiger partial charge in [0.15, 0.2) is 6.61 Å². The number of rotatable bonds is 4. The Hall–Kier alpha value is -1.60. The third-order valence-electron chi connectivity index (χ3n) is 3.17. The summed E-state index contributed by atoms with van der Waals surface area (Å²) in [5.41, 5.74) is 1.06. The molecule has 1 aromatic carbocycles. The third kappa shape index (κ3) is 2.94. The zero-order valence-electron chi connectivity index (χ0n) is 11.7. The molecule has 0 saturated heterocycles. The molecule has 7 heteroatoms. The van der Waals surface area contributed by atoms with E-state index < -0.39 is 10.0 Å². The van der Waals surface area contributed by atoms with E-state index in [4.69, 9.17) is 4.74 Å². The fourth-order valence-corrected chi connectivity index (χ4v) is 3.49. The number of sulfonamides is 1. The van der Waals surface area contributed by atoms with E-state index in [9.17, 15) is 13.2 Å². The summed E-state index contributed by atoms with van der Waals surface area (Å²) >= 11 is 0. The highest BCUT2D eigenvalue weighted by Gasteiger charge is 2.24. The second kappa shape index (κ2) is 5.41. The van der Waals surface area contributed by atoms with Gasteiger partial charge in [0.1, 0.15) is 5.75 Å². The summed E-state index contributed by atoms with van der Waals surface area (Å²) < 4.78 is 32.5. The molecule has 110 valence electrons. The van der Waals surface area contributed by atoms with Gasteiger partial charge in [0, 0.05) is 12.1 Å². The van der Waals surface area contributed by atoms with Crippen molar-refractivity contribution in [2.75, 3.05) is 11.9 Å². The number of carbonyl (C=O) groups excluding carboxylic acids is 1. The quantitative estimate of drug-likeness (QED) is 0.880. The average molecular weight is 298 g/mol. The van der Waals surface area contributed by atoms with Gasteiger partial charge in [0.2, 0.25) is 10.0 Å². The van der Waals surface area contributed by atoms with Gasteiger partial charge < -0.3 is 10.1 Å². The number of amides is 1. The molecule has 0 radical (unpaired) electrons. The third-order valence-corrected chi connectivity index (χ3v) is 4.90. The normalized spacial score (nSPS) is 16.1. The highest BCUT2D eigenvalue weighted by atomic mass is 32.2. The van der Waals surface area contributed by atoms with Crippen molar-refractivity contribution >= 4 is 21.6 Å². The van der Waals surface area contributed by atoms with Crippen molar-refractivity contribution in [2.45, 2.75) is 38.1 Å². The van der Waals surface area contributed by atoms with Gasteiger partial charge in [-0.15, -0.1) is 0 Å². The first kappa shape index (κ1) is 14.8. The molecular weight excluding hydrogens is 280 g/mol. The summed E-state index contributed by atoms with van der Waals surface area (Å²) in [7, 11) is -3.59. The van der Waals surface area contributed by atoms with Crippen molar-refractivity contribution in [3.63, 3.8) is 0 Å². The molecule has 1 heterocycles. The van der Waals surface area contributed by atoms with Crippen LogP contribution in [-0.2, 0) is 14.8 Å². The van der Waals surface area contributed by atoms with Crippen molar-refractivity contribution in [3.05, 3.63) is 17.7 Å². The van der Waals surface area contributed by atoms with Crippen LogP contribution in [0.25, 0.3) is 0 Å². The van der Waals surface area contributed by atoms with Crippen LogP contribution in [-0.4, -0.2) is 27.0 Å². The van der Waals surface area contributed by atoms with Crippen molar-refractivity contribution in [2.24, 2.45) is 0 Å². The van der Waals surface area contributed by atoms with Crippen LogP contribution < -0.4 is 14.8 Å². The molecule has 0 fully saturated rings. The Balaban J connectivity index is 2.41. The number of aryl methyl sites for hydroxylation is 1. The van der Waals surface area contributed by atoms with Gasteiger partial charge >= 0.3 is 0 Å². The summed E-state index contributed by atoms with van der Waals surface area (Å²) in [6.45, 7) is 5.30. The van der Waals surface area contributed by atoms with Crippen LogP contribution in [0.1, 0.15) is 25.8 Å². The molecule has 6 nitrogen and oxygen atoms in total. The number of ether oxygens (including phenoxy) is 1. The molecule has 0 aromatic heterocycles. The molecule has 20 heavy (non-hydrogen) atoms. The van der Waals surface area contributed by atoms with E-state index >= 15 is 0 Å². The summed E-state index contributed by atoms with van der Waals surface area (Å²) in [6.07, 6.45) is 0.704. The van der Waals surface area contributed by atoms with Crippen LogP contribution in [0.2, 0.25) is 0 Å². The monoisotopic (exact) mass is 298 g/mol. The van der Waals surface area contributed by atoms with E-state index in [1.54, 1.807) is 13.0 Å². The lowest BCUT2D eigenvalue weighted by atomic mass is 10.2. The Morgan fingerprint density at radius 1 is 1.45 bits per heavy atom. The fourth-order valence-electron chi connectivity index (χ4n) is 1.92. The summed E-state index contributed by atoms with van der Waals surface area (Å²) in [6, 6.07) is 2.92. The average Bonchev–Trinajstić information content (AvgIpc) is 2.36. The van der Waals surface area contributed by atoms with Crippen molar-refractivity contribution in [3.8, 4) is 5.75 Å². The van der Waals surface area contributed by atoms with Gasteiger partial charge in [-0.1, -0.05) is 6.92 Å². The Bertz CT molecular complexity index is 640. The molecular formula is C13H18N2O4S. The van der Waals surface area contributed by atoms with Crippen LogP contribution in [0.3, 0.4) is 0 Å². The second-order valence-corrected chi connectivity index (χ2v) is 6.56. The summed E-state index contributed by atoms with van der Waals surface area (Å²) in [4.78, 5) is 11.4.